The minimum Gasteiger partial charge on any atom is -0.208 e. The van der Waals surface area contributed by atoms with E-state index < -0.39 is 0 Å². The van der Waals surface area contributed by atoms with Crippen molar-refractivity contribution in [2.45, 2.75) is 0 Å². The van der Waals surface area contributed by atoms with Crippen molar-refractivity contribution in [1.82, 2.24) is 15.0 Å². The first-order valence-corrected chi connectivity index (χ1v) is 19.3. The molecule has 0 unspecified atom stereocenters. The van der Waals surface area contributed by atoms with Crippen LogP contribution in [0, 0.1) is 0 Å². The van der Waals surface area contributed by atoms with Crippen LogP contribution >= 0.6 is 11.3 Å². The van der Waals surface area contributed by atoms with Gasteiger partial charge in [-0.05, 0) is 60.6 Å². The van der Waals surface area contributed by atoms with Gasteiger partial charge in [0.25, 0.3) is 0 Å². The van der Waals surface area contributed by atoms with Crippen LogP contribution in [0.25, 0.3) is 109 Å². The van der Waals surface area contributed by atoms with Gasteiger partial charge in [-0.2, -0.15) is 0 Å². The molecule has 0 aliphatic rings. The van der Waals surface area contributed by atoms with Crippen LogP contribution < -0.4 is 0 Å². The summed E-state index contributed by atoms with van der Waals surface area (Å²) in [7, 11) is 0. The summed E-state index contributed by atoms with van der Waals surface area (Å²) in [5, 5.41) is 10.3. The van der Waals surface area contributed by atoms with Gasteiger partial charge in [0.2, 0.25) is 0 Å². The Morgan fingerprint density at radius 3 is 1.13 bits per heavy atom. The normalized spacial score (nSPS) is 11.6. The first-order valence-electron chi connectivity index (χ1n) is 18.5. The van der Waals surface area contributed by atoms with Crippen LogP contribution in [0.1, 0.15) is 0 Å². The fourth-order valence-corrected chi connectivity index (χ4v) is 9.46. The molecule has 0 bridgehead atoms. The predicted molar refractivity (Wildman–Crippen MR) is 232 cm³/mol. The Labute approximate surface area is 321 Å². The second kappa shape index (κ2) is 12.8. The monoisotopic (exact) mass is 717 g/mol. The second-order valence-corrected chi connectivity index (χ2v) is 15.0. The Balaban J connectivity index is 1.02. The van der Waals surface area contributed by atoms with Crippen LogP contribution in [0.15, 0.2) is 188 Å². The van der Waals surface area contributed by atoms with E-state index in [2.05, 4.69) is 127 Å². The lowest BCUT2D eigenvalue weighted by molar-refractivity contribution is 1.07. The van der Waals surface area contributed by atoms with Crippen molar-refractivity contribution < 1.29 is 0 Å². The van der Waals surface area contributed by atoms with E-state index in [1.54, 1.807) is 0 Å². The standard InChI is InChI=1S/C51H31N3S/c1-3-13-33(14-4-1)49-52-50(34-15-5-2-6-16-34)54-51(53-49)35-27-25-32(26-28-35)37-21-11-23-44-45-24-12-22-38(48(45)55-47(37)44)36-29-30-43-41-19-8-7-17-39(41)40-18-9-10-20-42(40)46(43)31-36/h1-31H. The van der Waals surface area contributed by atoms with Gasteiger partial charge in [-0.15, -0.1) is 11.3 Å². The summed E-state index contributed by atoms with van der Waals surface area (Å²) in [4.78, 5) is 14.8. The zero-order valence-electron chi connectivity index (χ0n) is 29.6. The van der Waals surface area contributed by atoms with Crippen LogP contribution in [0.2, 0.25) is 0 Å². The molecular formula is C51H31N3S. The molecule has 0 radical (unpaired) electrons. The lowest BCUT2D eigenvalue weighted by Gasteiger charge is -2.12. The van der Waals surface area contributed by atoms with Crippen LogP contribution in [0.4, 0.5) is 0 Å². The van der Waals surface area contributed by atoms with Crippen molar-refractivity contribution in [3.63, 3.8) is 0 Å². The molecule has 256 valence electrons. The number of fused-ring (bicyclic) bond motifs is 9. The molecule has 0 saturated carbocycles. The van der Waals surface area contributed by atoms with Gasteiger partial charge in [-0.1, -0.05) is 182 Å². The number of aromatic nitrogens is 3. The summed E-state index contributed by atoms with van der Waals surface area (Å²) < 4.78 is 2.59. The van der Waals surface area contributed by atoms with Gasteiger partial charge in [-0.3, -0.25) is 0 Å². The predicted octanol–water partition coefficient (Wildman–Crippen LogP) is 14.0. The number of benzene rings is 9. The molecule has 0 spiro atoms. The van der Waals surface area contributed by atoms with Crippen molar-refractivity contribution in [1.29, 1.82) is 0 Å². The summed E-state index contributed by atoms with van der Waals surface area (Å²) in [5.41, 5.74) is 7.74. The fourth-order valence-electron chi connectivity index (χ4n) is 8.09. The summed E-state index contributed by atoms with van der Waals surface area (Å²) >= 11 is 1.88. The summed E-state index contributed by atoms with van der Waals surface area (Å²) in [6, 6.07) is 66.9. The van der Waals surface area contributed by atoms with Crippen LogP contribution in [-0.2, 0) is 0 Å². The molecule has 9 aromatic carbocycles. The van der Waals surface area contributed by atoms with Crippen LogP contribution in [-0.4, -0.2) is 15.0 Å². The van der Waals surface area contributed by atoms with Gasteiger partial charge in [0.15, 0.2) is 17.5 Å². The van der Waals surface area contributed by atoms with Crippen LogP contribution in [0.3, 0.4) is 0 Å². The molecule has 0 saturated heterocycles. The number of hydrogen-bond donors (Lipinski definition) is 0. The van der Waals surface area contributed by atoms with Gasteiger partial charge < -0.3 is 0 Å². The second-order valence-electron chi connectivity index (χ2n) is 13.9. The highest BCUT2D eigenvalue weighted by molar-refractivity contribution is 7.26. The van der Waals surface area contributed by atoms with Gasteiger partial charge in [0.1, 0.15) is 0 Å². The van der Waals surface area contributed by atoms with E-state index in [0.29, 0.717) is 17.5 Å². The van der Waals surface area contributed by atoms with E-state index in [1.807, 2.05) is 72.0 Å². The first kappa shape index (κ1) is 31.5. The Morgan fingerprint density at radius 1 is 0.255 bits per heavy atom. The minimum atomic E-state index is 0.653. The van der Waals surface area contributed by atoms with Crippen molar-refractivity contribution >= 4 is 63.8 Å². The number of thiophene rings is 1. The number of hydrogen-bond acceptors (Lipinski definition) is 4. The van der Waals surface area contributed by atoms with E-state index in [9.17, 15) is 0 Å². The molecule has 0 aliphatic carbocycles. The Bertz CT molecular complexity index is 3150. The van der Waals surface area contributed by atoms with E-state index in [4.69, 9.17) is 15.0 Å². The van der Waals surface area contributed by atoms with Gasteiger partial charge in [-0.25, -0.2) is 15.0 Å². The average molecular weight is 718 g/mol. The van der Waals surface area contributed by atoms with E-state index in [1.165, 1.54) is 69.2 Å². The topological polar surface area (TPSA) is 38.7 Å². The fraction of sp³-hybridized carbons (Fsp3) is 0. The quantitative estimate of drug-likeness (QED) is 0.166. The molecule has 0 N–H and O–H groups in total. The van der Waals surface area contributed by atoms with Crippen molar-refractivity contribution in [3.8, 4) is 56.4 Å². The molecule has 55 heavy (non-hydrogen) atoms. The zero-order chi connectivity index (χ0) is 36.3. The van der Waals surface area contributed by atoms with Crippen molar-refractivity contribution in [3.05, 3.63) is 188 Å². The smallest absolute Gasteiger partial charge is 0.164 e. The maximum atomic E-state index is 4.95. The summed E-state index contributed by atoms with van der Waals surface area (Å²) in [6.45, 7) is 0. The lowest BCUT2D eigenvalue weighted by atomic mass is 9.92. The van der Waals surface area contributed by atoms with E-state index in [-0.39, 0.29) is 0 Å². The molecular weight excluding hydrogens is 687 g/mol. The Kier molecular flexibility index (Phi) is 7.35. The molecule has 3 nitrogen and oxygen atoms in total. The van der Waals surface area contributed by atoms with Gasteiger partial charge >= 0.3 is 0 Å². The van der Waals surface area contributed by atoms with E-state index >= 15 is 0 Å². The molecule has 11 aromatic rings. The molecule has 0 atom stereocenters. The molecule has 0 aliphatic heterocycles. The maximum Gasteiger partial charge on any atom is 0.164 e. The molecule has 11 rings (SSSR count). The lowest BCUT2D eigenvalue weighted by Crippen LogP contribution is -2.00. The average Bonchev–Trinajstić information content (AvgIpc) is 3.66. The number of nitrogens with zero attached hydrogens (tertiary/aromatic N) is 3. The summed E-state index contributed by atoms with van der Waals surface area (Å²) in [6.07, 6.45) is 0. The maximum absolute atomic E-state index is 4.95. The van der Waals surface area contributed by atoms with E-state index in [0.717, 1.165) is 22.3 Å². The molecule has 4 heteroatoms. The third-order valence-corrected chi connectivity index (χ3v) is 12.0. The Hall–Kier alpha value is -7.01. The summed E-state index contributed by atoms with van der Waals surface area (Å²) in [5.74, 6) is 1.97. The third-order valence-electron chi connectivity index (χ3n) is 10.7. The molecule has 2 aromatic heterocycles. The Morgan fingerprint density at radius 2 is 0.618 bits per heavy atom. The third kappa shape index (κ3) is 5.30. The molecule has 0 amide bonds. The SMILES string of the molecule is c1ccc(-c2nc(-c3ccccc3)nc(-c3ccc(-c4cccc5c4sc4c(-c6ccc7c8ccccc8c8ccccc8c7c6)cccc45)cc3)n2)cc1. The largest absolute Gasteiger partial charge is 0.208 e. The van der Waals surface area contributed by atoms with Gasteiger partial charge in [0, 0.05) is 36.9 Å². The highest BCUT2D eigenvalue weighted by Crippen LogP contribution is 2.45. The zero-order valence-corrected chi connectivity index (χ0v) is 30.5. The highest BCUT2D eigenvalue weighted by atomic mass is 32.1. The van der Waals surface area contributed by atoms with Crippen LogP contribution in [0.5, 0.6) is 0 Å². The first-order chi connectivity index (χ1) is 27.3. The number of rotatable bonds is 5. The van der Waals surface area contributed by atoms with Gasteiger partial charge in [0.05, 0.1) is 0 Å². The molecule has 2 heterocycles. The molecule has 0 fully saturated rings. The highest BCUT2D eigenvalue weighted by Gasteiger charge is 2.17. The minimum absolute atomic E-state index is 0.653. The van der Waals surface area contributed by atoms with Crippen molar-refractivity contribution in [2.75, 3.05) is 0 Å². The van der Waals surface area contributed by atoms with Crippen molar-refractivity contribution in [2.24, 2.45) is 0 Å².